The van der Waals surface area contributed by atoms with E-state index in [9.17, 15) is 19.7 Å². The van der Waals surface area contributed by atoms with E-state index in [-0.39, 0.29) is 12.2 Å². The van der Waals surface area contributed by atoms with Crippen LogP contribution in [0.25, 0.3) is 0 Å². The van der Waals surface area contributed by atoms with E-state index < -0.39 is 16.9 Å². The third kappa shape index (κ3) is 5.50. The molecule has 0 spiro atoms. The number of nitrogens with one attached hydrogen (secondary N) is 3. The first-order valence-electron chi connectivity index (χ1n) is 7.21. The maximum atomic E-state index is 11.8. The number of nitro groups is 1. The Labute approximate surface area is 143 Å². The third-order valence-corrected chi connectivity index (χ3v) is 3.12. The maximum absolute atomic E-state index is 11.8. The number of amides is 3. The summed E-state index contributed by atoms with van der Waals surface area (Å²) in [5.74, 6) is 0.266. The molecular weight excluding hydrogens is 328 g/mol. The number of nitro benzene ring substituents is 1. The molecule has 0 fully saturated rings. The molecule has 0 heterocycles. The Kier molecular flexibility index (Phi) is 5.88. The van der Waals surface area contributed by atoms with E-state index in [1.54, 1.807) is 31.4 Å². The zero-order valence-electron chi connectivity index (χ0n) is 13.3. The van der Waals surface area contributed by atoms with E-state index in [1.165, 1.54) is 24.3 Å². The summed E-state index contributed by atoms with van der Waals surface area (Å²) < 4.78 is 5.01. The molecular formula is C16H16N4O5. The van der Waals surface area contributed by atoms with Crippen molar-refractivity contribution in [1.29, 1.82) is 0 Å². The fraction of sp³-hybridized carbons (Fsp3) is 0.125. The second-order valence-corrected chi connectivity index (χ2v) is 4.89. The van der Waals surface area contributed by atoms with Crippen LogP contribution in [-0.2, 0) is 4.79 Å². The van der Waals surface area contributed by atoms with Gasteiger partial charge in [0, 0.05) is 23.5 Å². The van der Waals surface area contributed by atoms with Crippen LogP contribution >= 0.6 is 0 Å². The predicted molar refractivity (Wildman–Crippen MR) is 91.7 cm³/mol. The standard InChI is InChI=1S/C16H16N4O5/c1-25-14-8-4-11(5-9-14)18-15(21)10-17-16(22)19-12-2-6-13(7-3-12)20(23)24/h2-9H,10H2,1H3,(H,18,21)(H2,17,19,22). The lowest BCUT2D eigenvalue weighted by molar-refractivity contribution is -0.384. The lowest BCUT2D eigenvalue weighted by Crippen LogP contribution is -2.35. The quantitative estimate of drug-likeness (QED) is 0.548. The highest BCUT2D eigenvalue weighted by molar-refractivity contribution is 5.96. The predicted octanol–water partition coefficient (Wildman–Crippen LogP) is 2.36. The number of nitrogens with zero attached hydrogens (tertiary/aromatic N) is 1. The van der Waals surface area contributed by atoms with Crippen molar-refractivity contribution in [1.82, 2.24) is 5.32 Å². The van der Waals surface area contributed by atoms with Gasteiger partial charge in [-0.15, -0.1) is 0 Å². The van der Waals surface area contributed by atoms with Crippen LogP contribution in [0.2, 0.25) is 0 Å². The summed E-state index contributed by atoms with van der Waals surface area (Å²) in [6.07, 6.45) is 0. The van der Waals surface area contributed by atoms with Crippen molar-refractivity contribution in [2.75, 3.05) is 24.3 Å². The van der Waals surface area contributed by atoms with Gasteiger partial charge in [0.2, 0.25) is 5.91 Å². The number of carbonyl (C=O) groups is 2. The molecule has 0 aromatic heterocycles. The van der Waals surface area contributed by atoms with Crippen molar-refractivity contribution in [2.24, 2.45) is 0 Å². The molecule has 3 N–H and O–H groups in total. The highest BCUT2D eigenvalue weighted by atomic mass is 16.6. The summed E-state index contributed by atoms with van der Waals surface area (Å²) in [4.78, 5) is 33.5. The molecule has 9 nitrogen and oxygen atoms in total. The van der Waals surface area contributed by atoms with Crippen molar-refractivity contribution in [3.05, 3.63) is 58.6 Å². The van der Waals surface area contributed by atoms with Gasteiger partial charge in [-0.3, -0.25) is 14.9 Å². The van der Waals surface area contributed by atoms with Crippen molar-refractivity contribution in [2.45, 2.75) is 0 Å². The van der Waals surface area contributed by atoms with Gasteiger partial charge in [-0.05, 0) is 36.4 Å². The summed E-state index contributed by atoms with van der Waals surface area (Å²) >= 11 is 0. The molecule has 9 heteroatoms. The molecule has 3 amide bonds. The summed E-state index contributed by atoms with van der Waals surface area (Å²) in [5, 5.41) is 18.0. The molecule has 25 heavy (non-hydrogen) atoms. The van der Waals surface area contributed by atoms with E-state index in [2.05, 4.69) is 16.0 Å². The number of anilines is 2. The molecule has 2 rings (SSSR count). The molecule has 0 saturated heterocycles. The van der Waals surface area contributed by atoms with Gasteiger partial charge in [-0.2, -0.15) is 0 Å². The van der Waals surface area contributed by atoms with Gasteiger partial charge in [0.1, 0.15) is 5.75 Å². The fourth-order valence-electron chi connectivity index (χ4n) is 1.88. The summed E-state index contributed by atoms with van der Waals surface area (Å²) in [6.45, 7) is -0.231. The van der Waals surface area contributed by atoms with Gasteiger partial charge in [0.15, 0.2) is 0 Å². The molecule has 0 bridgehead atoms. The van der Waals surface area contributed by atoms with E-state index in [0.29, 0.717) is 17.1 Å². The number of hydrogen-bond donors (Lipinski definition) is 3. The van der Waals surface area contributed by atoms with E-state index >= 15 is 0 Å². The molecule has 0 aliphatic rings. The summed E-state index contributed by atoms with van der Waals surface area (Å²) in [5.41, 5.74) is 0.867. The van der Waals surface area contributed by atoms with Gasteiger partial charge in [-0.1, -0.05) is 0 Å². The smallest absolute Gasteiger partial charge is 0.319 e. The Bertz CT molecular complexity index is 759. The molecule has 0 aliphatic carbocycles. The minimum atomic E-state index is -0.598. The second kappa shape index (κ2) is 8.29. The van der Waals surface area contributed by atoms with Crippen LogP contribution in [0, 0.1) is 10.1 Å². The van der Waals surface area contributed by atoms with Gasteiger partial charge in [0.25, 0.3) is 5.69 Å². The third-order valence-electron chi connectivity index (χ3n) is 3.12. The van der Waals surface area contributed by atoms with Crippen molar-refractivity contribution >= 4 is 29.0 Å². The van der Waals surface area contributed by atoms with Crippen LogP contribution in [0.1, 0.15) is 0 Å². The topological polar surface area (TPSA) is 123 Å². The Morgan fingerprint density at radius 3 is 2.12 bits per heavy atom. The molecule has 0 saturated carbocycles. The number of benzene rings is 2. The number of ether oxygens (including phenoxy) is 1. The first-order chi connectivity index (χ1) is 12.0. The van der Waals surface area contributed by atoms with Crippen LogP contribution in [0.4, 0.5) is 21.9 Å². The zero-order chi connectivity index (χ0) is 18.2. The molecule has 0 atom stereocenters. The first-order valence-corrected chi connectivity index (χ1v) is 7.21. The average Bonchev–Trinajstić information content (AvgIpc) is 2.61. The van der Waals surface area contributed by atoms with Crippen LogP contribution in [0.5, 0.6) is 5.75 Å². The number of urea groups is 1. The molecule has 0 radical (unpaired) electrons. The minimum Gasteiger partial charge on any atom is -0.497 e. The van der Waals surface area contributed by atoms with E-state index in [4.69, 9.17) is 4.74 Å². The molecule has 2 aromatic carbocycles. The molecule has 0 unspecified atom stereocenters. The zero-order valence-corrected chi connectivity index (χ0v) is 13.3. The largest absolute Gasteiger partial charge is 0.497 e. The Morgan fingerprint density at radius 2 is 1.56 bits per heavy atom. The maximum Gasteiger partial charge on any atom is 0.319 e. The number of hydrogen-bond acceptors (Lipinski definition) is 5. The van der Waals surface area contributed by atoms with Crippen molar-refractivity contribution < 1.29 is 19.2 Å². The van der Waals surface area contributed by atoms with Crippen LogP contribution in [0.15, 0.2) is 48.5 Å². The highest BCUT2D eigenvalue weighted by Crippen LogP contribution is 2.15. The summed E-state index contributed by atoms with van der Waals surface area (Å²) in [6, 6.07) is 11.5. The van der Waals surface area contributed by atoms with Crippen LogP contribution < -0.4 is 20.7 Å². The average molecular weight is 344 g/mol. The fourth-order valence-corrected chi connectivity index (χ4v) is 1.88. The Morgan fingerprint density at radius 1 is 1.00 bits per heavy atom. The number of carbonyl (C=O) groups excluding carboxylic acids is 2. The van der Waals surface area contributed by atoms with Crippen molar-refractivity contribution in [3.63, 3.8) is 0 Å². The first kappa shape index (κ1) is 17.7. The lowest BCUT2D eigenvalue weighted by atomic mass is 10.3. The van der Waals surface area contributed by atoms with Gasteiger partial charge in [0.05, 0.1) is 18.6 Å². The van der Waals surface area contributed by atoms with E-state index in [1.807, 2.05) is 0 Å². The molecule has 0 aliphatic heterocycles. The minimum absolute atomic E-state index is 0.0789. The van der Waals surface area contributed by atoms with Crippen LogP contribution in [0.3, 0.4) is 0 Å². The Hall–Kier alpha value is -3.62. The Balaban J connectivity index is 1.78. The number of non-ortho nitro benzene ring substituents is 1. The molecule has 2 aromatic rings. The van der Waals surface area contributed by atoms with Gasteiger partial charge >= 0.3 is 6.03 Å². The monoisotopic (exact) mass is 344 g/mol. The lowest BCUT2D eigenvalue weighted by Gasteiger charge is -2.09. The molecule has 130 valence electrons. The van der Waals surface area contributed by atoms with E-state index in [0.717, 1.165) is 0 Å². The second-order valence-electron chi connectivity index (χ2n) is 4.89. The van der Waals surface area contributed by atoms with Gasteiger partial charge < -0.3 is 20.7 Å². The highest BCUT2D eigenvalue weighted by Gasteiger charge is 2.08. The van der Waals surface area contributed by atoms with Crippen molar-refractivity contribution in [3.8, 4) is 5.75 Å². The summed E-state index contributed by atoms with van der Waals surface area (Å²) in [7, 11) is 1.54. The SMILES string of the molecule is COc1ccc(NC(=O)CNC(=O)Nc2ccc([N+](=O)[O-])cc2)cc1. The van der Waals surface area contributed by atoms with Gasteiger partial charge in [-0.25, -0.2) is 4.79 Å². The van der Waals surface area contributed by atoms with Crippen LogP contribution in [-0.4, -0.2) is 30.5 Å². The number of rotatable bonds is 6. The number of methoxy groups -OCH3 is 1. The normalized spacial score (nSPS) is 9.80.